The number of ether oxygens (including phenoxy) is 1. The predicted octanol–water partition coefficient (Wildman–Crippen LogP) is 2.43. The Hall–Kier alpha value is -2.03. The molecular formula is C12H14N2O. The van der Waals surface area contributed by atoms with Crippen LogP contribution in [0.2, 0.25) is 0 Å². The van der Waals surface area contributed by atoms with Crippen LogP contribution >= 0.6 is 0 Å². The number of pyridine rings is 1. The van der Waals surface area contributed by atoms with Gasteiger partial charge in [0.1, 0.15) is 0 Å². The maximum atomic E-state index is 5.72. The Bertz CT molecular complexity index is 408. The van der Waals surface area contributed by atoms with Gasteiger partial charge in [0.2, 0.25) is 5.88 Å². The molecule has 3 nitrogen and oxygen atoms in total. The van der Waals surface area contributed by atoms with Gasteiger partial charge in [-0.25, -0.2) is 4.98 Å². The lowest BCUT2D eigenvalue weighted by atomic mass is 10.1. The monoisotopic (exact) mass is 202 g/mol. The van der Waals surface area contributed by atoms with Crippen molar-refractivity contribution in [3.8, 4) is 5.88 Å². The first-order chi connectivity index (χ1) is 7.21. The van der Waals surface area contributed by atoms with Crippen molar-refractivity contribution in [3.63, 3.8) is 0 Å². The lowest BCUT2D eigenvalue weighted by molar-refractivity contribution is 0.398. The van der Waals surface area contributed by atoms with Gasteiger partial charge >= 0.3 is 0 Å². The van der Waals surface area contributed by atoms with Crippen molar-refractivity contribution in [1.29, 1.82) is 0 Å². The minimum Gasteiger partial charge on any atom is -0.481 e. The molecule has 0 bridgehead atoms. The quantitative estimate of drug-likeness (QED) is 0.763. The van der Waals surface area contributed by atoms with Crippen LogP contribution in [0, 0.1) is 0 Å². The smallest absolute Gasteiger partial charge is 0.215 e. The highest BCUT2D eigenvalue weighted by atomic mass is 16.5. The molecule has 0 amide bonds. The molecule has 15 heavy (non-hydrogen) atoms. The summed E-state index contributed by atoms with van der Waals surface area (Å²) in [7, 11) is 1.55. The van der Waals surface area contributed by atoms with Gasteiger partial charge in [-0.1, -0.05) is 31.4 Å². The number of nitrogens with zero attached hydrogens (tertiary/aromatic N) is 1. The van der Waals surface area contributed by atoms with Crippen LogP contribution in [0.3, 0.4) is 0 Å². The van der Waals surface area contributed by atoms with E-state index in [0.717, 1.165) is 11.3 Å². The molecule has 1 aromatic rings. The Balaban J connectivity index is 3.23. The number of methoxy groups -OCH3 is 1. The highest BCUT2D eigenvalue weighted by molar-refractivity contribution is 5.74. The number of rotatable bonds is 4. The summed E-state index contributed by atoms with van der Waals surface area (Å²) in [4.78, 5) is 4.25. The first-order valence-corrected chi connectivity index (χ1v) is 4.48. The zero-order valence-corrected chi connectivity index (χ0v) is 8.73. The summed E-state index contributed by atoms with van der Waals surface area (Å²) >= 11 is 0. The number of aromatic nitrogens is 1. The first-order valence-electron chi connectivity index (χ1n) is 4.48. The molecule has 0 aliphatic rings. The average molecular weight is 202 g/mol. The number of allylic oxidation sites excluding steroid dienone is 4. The second-order valence-electron chi connectivity index (χ2n) is 2.89. The SMILES string of the molecule is C=C/C=C(\C=C)c1cc(N)cc(OC)n1. The van der Waals surface area contributed by atoms with Gasteiger partial charge in [-0.15, -0.1) is 0 Å². The minimum atomic E-state index is 0.488. The first kappa shape index (κ1) is 11.0. The fourth-order valence-corrected chi connectivity index (χ4v) is 1.16. The van der Waals surface area contributed by atoms with Crippen molar-refractivity contribution in [2.45, 2.75) is 0 Å². The van der Waals surface area contributed by atoms with Gasteiger partial charge in [-0.2, -0.15) is 0 Å². The van der Waals surface area contributed by atoms with E-state index in [0.29, 0.717) is 11.6 Å². The maximum Gasteiger partial charge on any atom is 0.215 e. The molecule has 0 saturated heterocycles. The number of anilines is 1. The molecule has 3 heteroatoms. The van der Waals surface area contributed by atoms with Gasteiger partial charge in [0.25, 0.3) is 0 Å². The molecule has 1 rings (SSSR count). The van der Waals surface area contributed by atoms with Crippen molar-refractivity contribution in [2.24, 2.45) is 0 Å². The third-order valence-corrected chi connectivity index (χ3v) is 1.85. The molecule has 0 spiro atoms. The van der Waals surface area contributed by atoms with Crippen LogP contribution < -0.4 is 10.5 Å². The van der Waals surface area contributed by atoms with Gasteiger partial charge in [-0.05, 0) is 11.6 Å². The number of nitrogens with two attached hydrogens (primary N) is 1. The summed E-state index contributed by atoms with van der Waals surface area (Å²) in [6.45, 7) is 7.33. The van der Waals surface area contributed by atoms with Crippen LogP contribution in [0.1, 0.15) is 5.69 Å². The van der Waals surface area contributed by atoms with Gasteiger partial charge in [-0.3, -0.25) is 0 Å². The Morgan fingerprint density at radius 2 is 2.20 bits per heavy atom. The van der Waals surface area contributed by atoms with E-state index in [-0.39, 0.29) is 0 Å². The zero-order chi connectivity index (χ0) is 11.3. The molecule has 0 aromatic carbocycles. The van der Waals surface area contributed by atoms with Crippen molar-refractivity contribution in [1.82, 2.24) is 4.98 Å². The number of hydrogen-bond acceptors (Lipinski definition) is 3. The van der Waals surface area contributed by atoms with E-state index in [4.69, 9.17) is 10.5 Å². The van der Waals surface area contributed by atoms with E-state index in [2.05, 4.69) is 18.1 Å². The highest BCUT2D eigenvalue weighted by Gasteiger charge is 2.03. The van der Waals surface area contributed by atoms with Gasteiger partial charge in [0.15, 0.2) is 0 Å². The van der Waals surface area contributed by atoms with Gasteiger partial charge in [0.05, 0.1) is 12.8 Å². The number of nitrogen functional groups attached to an aromatic ring is 1. The Labute approximate surface area is 89.6 Å². The molecule has 0 atom stereocenters. The van der Waals surface area contributed by atoms with E-state index >= 15 is 0 Å². The van der Waals surface area contributed by atoms with E-state index < -0.39 is 0 Å². The molecule has 1 heterocycles. The molecule has 0 unspecified atom stereocenters. The lowest BCUT2D eigenvalue weighted by Gasteiger charge is -2.05. The Morgan fingerprint density at radius 1 is 1.47 bits per heavy atom. The molecule has 0 fully saturated rings. The summed E-state index contributed by atoms with van der Waals surface area (Å²) in [6.07, 6.45) is 5.19. The summed E-state index contributed by atoms with van der Waals surface area (Å²) < 4.78 is 5.03. The van der Waals surface area contributed by atoms with Crippen molar-refractivity contribution in [2.75, 3.05) is 12.8 Å². The van der Waals surface area contributed by atoms with E-state index in [9.17, 15) is 0 Å². The van der Waals surface area contributed by atoms with Crippen molar-refractivity contribution >= 4 is 11.3 Å². The fourth-order valence-electron chi connectivity index (χ4n) is 1.16. The second-order valence-corrected chi connectivity index (χ2v) is 2.89. The van der Waals surface area contributed by atoms with Crippen LogP contribution in [-0.4, -0.2) is 12.1 Å². The third-order valence-electron chi connectivity index (χ3n) is 1.85. The Kier molecular flexibility index (Phi) is 3.68. The summed E-state index contributed by atoms with van der Waals surface area (Å²) in [6, 6.07) is 3.43. The zero-order valence-electron chi connectivity index (χ0n) is 8.73. The fraction of sp³-hybridized carbons (Fsp3) is 0.0833. The molecule has 0 aliphatic carbocycles. The molecule has 2 N–H and O–H groups in total. The largest absolute Gasteiger partial charge is 0.481 e. The van der Waals surface area contributed by atoms with E-state index in [1.807, 2.05) is 6.08 Å². The van der Waals surface area contributed by atoms with E-state index in [1.54, 1.807) is 31.4 Å². The molecular weight excluding hydrogens is 188 g/mol. The maximum absolute atomic E-state index is 5.72. The molecule has 0 aliphatic heterocycles. The van der Waals surface area contributed by atoms with Gasteiger partial charge in [0, 0.05) is 11.8 Å². The van der Waals surface area contributed by atoms with Crippen molar-refractivity contribution < 1.29 is 4.74 Å². The second kappa shape index (κ2) is 5.00. The predicted molar refractivity (Wildman–Crippen MR) is 63.6 cm³/mol. The van der Waals surface area contributed by atoms with Crippen LogP contribution in [0.5, 0.6) is 5.88 Å². The van der Waals surface area contributed by atoms with Crippen LogP contribution in [0.15, 0.2) is 43.5 Å². The highest BCUT2D eigenvalue weighted by Crippen LogP contribution is 2.20. The van der Waals surface area contributed by atoms with Crippen molar-refractivity contribution in [3.05, 3.63) is 49.2 Å². The molecule has 0 radical (unpaired) electrons. The average Bonchev–Trinajstić information content (AvgIpc) is 2.24. The third kappa shape index (κ3) is 2.71. The number of hydrogen-bond donors (Lipinski definition) is 1. The molecule has 1 aromatic heterocycles. The topological polar surface area (TPSA) is 48.1 Å². The minimum absolute atomic E-state index is 0.488. The summed E-state index contributed by atoms with van der Waals surface area (Å²) in [5.74, 6) is 0.488. The van der Waals surface area contributed by atoms with Crippen LogP contribution in [-0.2, 0) is 0 Å². The normalized spacial score (nSPS) is 10.9. The standard InChI is InChI=1S/C12H14N2O/c1-4-6-9(5-2)11-7-10(13)8-12(14-11)15-3/h4-8H,1-2H2,3H3,(H2,13,14)/b9-6+. The Morgan fingerprint density at radius 3 is 2.73 bits per heavy atom. The van der Waals surface area contributed by atoms with Crippen LogP contribution in [0.4, 0.5) is 5.69 Å². The molecule has 0 saturated carbocycles. The molecule has 78 valence electrons. The summed E-state index contributed by atoms with van der Waals surface area (Å²) in [5, 5.41) is 0. The van der Waals surface area contributed by atoms with Crippen LogP contribution in [0.25, 0.3) is 5.57 Å². The van der Waals surface area contributed by atoms with E-state index in [1.165, 1.54) is 0 Å². The lowest BCUT2D eigenvalue weighted by Crippen LogP contribution is -1.96. The summed E-state index contributed by atoms with van der Waals surface area (Å²) in [5.41, 5.74) is 7.90. The van der Waals surface area contributed by atoms with Gasteiger partial charge < -0.3 is 10.5 Å².